The molecule has 0 aliphatic carbocycles. The van der Waals surface area contributed by atoms with Crippen LogP contribution in [0.25, 0.3) is 11.6 Å². The van der Waals surface area contributed by atoms with Gasteiger partial charge in [-0.25, -0.2) is 0 Å². The van der Waals surface area contributed by atoms with Gasteiger partial charge in [-0.05, 0) is 17.7 Å². The van der Waals surface area contributed by atoms with Crippen LogP contribution in [0.1, 0.15) is 16.7 Å². The van der Waals surface area contributed by atoms with Crippen molar-refractivity contribution in [3.05, 3.63) is 62.6 Å². The lowest BCUT2D eigenvalue weighted by Gasteiger charge is -2.11. The number of benzene rings is 1. The van der Waals surface area contributed by atoms with Gasteiger partial charge in [-0.2, -0.15) is 23.2 Å². The second-order valence-electron chi connectivity index (χ2n) is 4.96. The van der Waals surface area contributed by atoms with Crippen LogP contribution >= 0.6 is 0 Å². The Hall–Kier alpha value is -3.81. The van der Waals surface area contributed by atoms with Crippen molar-refractivity contribution in [3.8, 4) is 17.6 Å². The van der Waals surface area contributed by atoms with Crippen molar-refractivity contribution in [1.82, 2.24) is 0 Å². The van der Waals surface area contributed by atoms with E-state index in [0.717, 1.165) is 18.2 Å². The van der Waals surface area contributed by atoms with Crippen molar-refractivity contribution in [2.24, 2.45) is 0 Å². The van der Waals surface area contributed by atoms with Crippen LogP contribution in [-0.2, 0) is 6.18 Å². The van der Waals surface area contributed by atoms with Crippen LogP contribution in [0, 0.1) is 26.7 Å². The van der Waals surface area contributed by atoms with Gasteiger partial charge < -0.3 is 15.4 Å². The van der Waals surface area contributed by atoms with Gasteiger partial charge in [0.25, 0.3) is 0 Å². The summed E-state index contributed by atoms with van der Waals surface area (Å²) < 4.78 is 39.3. The molecule has 0 bridgehead atoms. The molecule has 26 heavy (non-hydrogen) atoms. The molecule has 0 aliphatic heterocycles. The summed E-state index contributed by atoms with van der Waals surface area (Å²) in [5.74, 6) is -1.93. The van der Waals surface area contributed by atoms with Crippen LogP contribution in [-0.4, -0.2) is 15.1 Å². The summed E-state index contributed by atoms with van der Waals surface area (Å²) >= 11 is 0. The number of nitrogens with zero attached hydrogens (tertiary/aromatic N) is 3. The molecule has 1 aromatic heterocycles. The first kappa shape index (κ1) is 18.5. The second kappa shape index (κ2) is 6.60. The number of nitro benzene ring substituents is 1. The molecule has 134 valence electrons. The van der Waals surface area contributed by atoms with Gasteiger partial charge in [-0.1, -0.05) is 0 Å². The number of aromatic hydroxyl groups is 2. The zero-order chi connectivity index (χ0) is 19.6. The molecule has 11 heteroatoms. The summed E-state index contributed by atoms with van der Waals surface area (Å²) in [6, 6.07) is 3.55. The van der Waals surface area contributed by atoms with E-state index in [9.17, 15) is 44.0 Å². The van der Waals surface area contributed by atoms with E-state index in [1.165, 1.54) is 6.07 Å². The quantitative estimate of drug-likeness (QED) is 0.214. The third-order valence-corrected chi connectivity index (χ3v) is 3.25. The molecular weight excluding hydrogens is 359 g/mol. The predicted molar refractivity (Wildman–Crippen MR) is 80.3 cm³/mol. The molecule has 8 nitrogen and oxygen atoms in total. The number of alkyl halides is 3. The van der Waals surface area contributed by atoms with Gasteiger partial charge in [-0.3, -0.25) is 10.1 Å². The van der Waals surface area contributed by atoms with Gasteiger partial charge in [0.2, 0.25) is 5.75 Å². The number of nitriles is 1. The van der Waals surface area contributed by atoms with Crippen molar-refractivity contribution in [2.75, 3.05) is 0 Å². The lowest BCUT2D eigenvalue weighted by molar-refractivity contribution is -0.605. The lowest BCUT2D eigenvalue weighted by Crippen LogP contribution is -2.27. The number of halogens is 3. The molecule has 0 spiro atoms. The second-order valence-corrected chi connectivity index (χ2v) is 4.96. The maximum atomic E-state index is 13.1. The Balaban J connectivity index is 2.70. The summed E-state index contributed by atoms with van der Waals surface area (Å²) in [6.07, 6.45) is -2.90. The van der Waals surface area contributed by atoms with Gasteiger partial charge in [0.1, 0.15) is 6.07 Å². The third kappa shape index (κ3) is 3.64. The van der Waals surface area contributed by atoms with Gasteiger partial charge in [-0.15, -0.1) is 0 Å². The predicted octanol–water partition coefficient (Wildman–Crippen LogP) is 2.72. The number of hydrogen-bond acceptors (Lipinski definition) is 6. The number of phenolic OH excluding ortho intramolecular Hbond substituents is 2. The van der Waals surface area contributed by atoms with Crippen LogP contribution < -0.4 is 4.73 Å². The molecular formula is C15H8F3N3O5. The van der Waals surface area contributed by atoms with E-state index in [-0.39, 0.29) is 10.3 Å². The lowest BCUT2D eigenvalue weighted by atomic mass is 10.00. The fourth-order valence-electron chi connectivity index (χ4n) is 2.12. The first-order chi connectivity index (χ1) is 12.0. The minimum atomic E-state index is -4.86. The van der Waals surface area contributed by atoms with Crippen molar-refractivity contribution in [1.29, 1.82) is 5.26 Å². The van der Waals surface area contributed by atoms with Crippen molar-refractivity contribution in [2.45, 2.75) is 6.18 Å². The zero-order valence-corrected chi connectivity index (χ0v) is 12.6. The molecule has 1 aromatic carbocycles. The van der Waals surface area contributed by atoms with E-state index in [1.54, 1.807) is 0 Å². The first-order valence-corrected chi connectivity index (χ1v) is 6.67. The topological polar surface area (TPSA) is 134 Å². The summed E-state index contributed by atoms with van der Waals surface area (Å²) in [5, 5.41) is 50.3. The fourth-order valence-corrected chi connectivity index (χ4v) is 2.12. The van der Waals surface area contributed by atoms with Gasteiger partial charge in [0.15, 0.2) is 18.1 Å². The minimum absolute atomic E-state index is 0.0620. The molecule has 0 saturated carbocycles. The van der Waals surface area contributed by atoms with E-state index in [2.05, 4.69) is 0 Å². The molecule has 0 saturated heterocycles. The Morgan fingerprint density at radius 1 is 1.35 bits per heavy atom. The number of allylic oxidation sites excluding steroid dienone is 1. The summed E-state index contributed by atoms with van der Waals surface area (Å²) in [6.45, 7) is 0. The van der Waals surface area contributed by atoms with Crippen LogP contribution in [0.4, 0.5) is 18.9 Å². The standard InChI is InChI=1S/C15H8F3N3O5/c16-15(17,18)11-1-2-20(24)7-10(11)9(6-19)3-8-4-12(21(25)26)14(23)13(22)5-8/h1-5,7,22-23H/b9-3+. The van der Waals surface area contributed by atoms with E-state index < -0.39 is 45.0 Å². The van der Waals surface area contributed by atoms with Crippen molar-refractivity contribution < 1.29 is 33.0 Å². The molecule has 0 unspecified atom stereocenters. The van der Waals surface area contributed by atoms with Crippen LogP contribution in [0.5, 0.6) is 11.5 Å². The number of nitro groups is 1. The van der Waals surface area contributed by atoms with Gasteiger partial charge >= 0.3 is 11.9 Å². The summed E-state index contributed by atoms with van der Waals surface area (Å²) in [4.78, 5) is 9.82. The first-order valence-electron chi connectivity index (χ1n) is 6.67. The Kier molecular flexibility index (Phi) is 4.70. The van der Waals surface area contributed by atoms with Gasteiger partial charge in [0.05, 0.1) is 21.6 Å². The van der Waals surface area contributed by atoms with E-state index in [4.69, 9.17) is 0 Å². The Bertz CT molecular complexity index is 964. The van der Waals surface area contributed by atoms with E-state index in [1.807, 2.05) is 0 Å². The number of pyridine rings is 1. The van der Waals surface area contributed by atoms with Crippen LogP contribution in [0.3, 0.4) is 0 Å². The molecule has 1 heterocycles. The normalized spacial score (nSPS) is 11.8. The fraction of sp³-hybridized carbons (Fsp3) is 0.0667. The number of phenols is 2. The maximum absolute atomic E-state index is 13.1. The maximum Gasteiger partial charge on any atom is 0.417 e. The SMILES string of the molecule is N#C/C(=C\c1cc(O)c(O)c([N+](=O)[O-])c1)c1c[n+]([O-])ccc1C(F)(F)F. The molecule has 0 fully saturated rings. The Labute approximate surface area is 143 Å². The van der Waals surface area contributed by atoms with E-state index >= 15 is 0 Å². The summed E-state index contributed by atoms with van der Waals surface area (Å²) in [5.41, 5.74) is -3.75. The minimum Gasteiger partial charge on any atom is -0.619 e. The number of aromatic nitrogens is 1. The Morgan fingerprint density at radius 2 is 2.00 bits per heavy atom. The average Bonchev–Trinajstić information content (AvgIpc) is 2.54. The number of hydrogen-bond donors (Lipinski definition) is 2. The average molecular weight is 367 g/mol. The molecule has 2 N–H and O–H groups in total. The van der Waals surface area contributed by atoms with Crippen molar-refractivity contribution >= 4 is 17.3 Å². The highest BCUT2D eigenvalue weighted by Gasteiger charge is 2.35. The van der Waals surface area contributed by atoms with Gasteiger partial charge in [0, 0.05) is 12.1 Å². The molecule has 0 aliphatic rings. The van der Waals surface area contributed by atoms with Crippen LogP contribution in [0.15, 0.2) is 30.6 Å². The number of rotatable bonds is 3. The third-order valence-electron chi connectivity index (χ3n) is 3.25. The highest BCUT2D eigenvalue weighted by molar-refractivity contribution is 5.91. The van der Waals surface area contributed by atoms with Crippen LogP contribution in [0.2, 0.25) is 0 Å². The smallest absolute Gasteiger partial charge is 0.417 e. The molecule has 2 aromatic rings. The highest BCUT2D eigenvalue weighted by atomic mass is 19.4. The highest BCUT2D eigenvalue weighted by Crippen LogP contribution is 2.38. The Morgan fingerprint density at radius 3 is 2.54 bits per heavy atom. The summed E-state index contributed by atoms with van der Waals surface area (Å²) in [7, 11) is 0. The molecule has 2 rings (SSSR count). The molecule has 0 radical (unpaired) electrons. The molecule has 0 amide bonds. The largest absolute Gasteiger partial charge is 0.619 e. The molecule has 0 atom stereocenters. The monoisotopic (exact) mass is 367 g/mol. The van der Waals surface area contributed by atoms with E-state index in [0.29, 0.717) is 18.5 Å². The zero-order valence-electron chi connectivity index (χ0n) is 12.6. The van der Waals surface area contributed by atoms with Crippen molar-refractivity contribution in [3.63, 3.8) is 0 Å².